The van der Waals surface area contributed by atoms with Gasteiger partial charge < -0.3 is 0 Å². The molecule has 2 aromatic rings. The first kappa shape index (κ1) is 15.1. The molecule has 0 bridgehead atoms. The maximum atomic E-state index is 12.4. The lowest BCUT2D eigenvalue weighted by atomic mass is 10.2. The lowest BCUT2D eigenvalue weighted by molar-refractivity contribution is 0.811. The van der Waals surface area contributed by atoms with Crippen LogP contribution in [-0.4, -0.2) is 9.55 Å². The molecule has 0 amide bonds. The van der Waals surface area contributed by atoms with Crippen molar-refractivity contribution < 1.29 is 0 Å². The highest BCUT2D eigenvalue weighted by Gasteiger charge is 2.13. The number of aromatic amines is 1. The van der Waals surface area contributed by atoms with Crippen molar-refractivity contribution in [3.8, 4) is 5.69 Å². The van der Waals surface area contributed by atoms with E-state index in [1.165, 1.54) is 0 Å². The molecular formula is C14H14BrClN2O2. The van der Waals surface area contributed by atoms with E-state index < -0.39 is 5.69 Å². The molecule has 1 aromatic carbocycles. The van der Waals surface area contributed by atoms with Crippen molar-refractivity contribution in [1.29, 1.82) is 0 Å². The molecule has 106 valence electrons. The Morgan fingerprint density at radius 2 is 2.05 bits per heavy atom. The standard InChI is InChI=1S/C14H14BrClN2O2/c1-3-4-10-12(16)17-14(20)18(13(10)19)9-6-5-8(2)11(15)7-9/h5-7H,3-4H2,1-2H3,(H,17,20). The Morgan fingerprint density at radius 3 is 2.65 bits per heavy atom. The van der Waals surface area contributed by atoms with Gasteiger partial charge >= 0.3 is 5.69 Å². The third-order valence-corrected chi connectivity index (χ3v) is 4.24. The number of hydrogen-bond donors (Lipinski definition) is 1. The van der Waals surface area contributed by atoms with Gasteiger partial charge in [0, 0.05) is 4.47 Å². The molecule has 20 heavy (non-hydrogen) atoms. The summed E-state index contributed by atoms with van der Waals surface area (Å²) < 4.78 is 1.95. The molecule has 0 saturated heterocycles. The number of H-pyrrole nitrogens is 1. The fourth-order valence-electron chi connectivity index (χ4n) is 1.97. The van der Waals surface area contributed by atoms with Crippen LogP contribution in [0.25, 0.3) is 5.69 Å². The zero-order chi connectivity index (χ0) is 14.9. The lowest BCUT2D eigenvalue weighted by Crippen LogP contribution is -2.36. The minimum absolute atomic E-state index is 0.129. The van der Waals surface area contributed by atoms with E-state index in [-0.39, 0.29) is 10.7 Å². The van der Waals surface area contributed by atoms with E-state index in [1.54, 1.807) is 12.1 Å². The zero-order valence-corrected chi connectivity index (χ0v) is 13.5. The summed E-state index contributed by atoms with van der Waals surface area (Å²) in [5.74, 6) is 0. The average Bonchev–Trinajstić information content (AvgIpc) is 2.38. The summed E-state index contributed by atoms with van der Waals surface area (Å²) >= 11 is 9.35. The fourth-order valence-corrected chi connectivity index (χ4v) is 2.59. The van der Waals surface area contributed by atoms with Crippen molar-refractivity contribution in [2.45, 2.75) is 26.7 Å². The van der Waals surface area contributed by atoms with Crippen LogP contribution in [0.5, 0.6) is 0 Å². The molecule has 0 fully saturated rings. The Hall–Kier alpha value is -1.33. The van der Waals surface area contributed by atoms with Crippen molar-refractivity contribution in [1.82, 2.24) is 9.55 Å². The molecular weight excluding hydrogens is 344 g/mol. The van der Waals surface area contributed by atoms with Crippen molar-refractivity contribution >= 4 is 27.5 Å². The van der Waals surface area contributed by atoms with Crippen LogP contribution in [-0.2, 0) is 6.42 Å². The summed E-state index contributed by atoms with van der Waals surface area (Å²) in [6, 6.07) is 5.33. The molecule has 4 nitrogen and oxygen atoms in total. The van der Waals surface area contributed by atoms with Crippen LogP contribution in [0.15, 0.2) is 32.3 Å². The summed E-state index contributed by atoms with van der Waals surface area (Å²) in [6.07, 6.45) is 1.31. The van der Waals surface area contributed by atoms with Crippen LogP contribution in [0.4, 0.5) is 0 Å². The van der Waals surface area contributed by atoms with Gasteiger partial charge in [0.25, 0.3) is 5.56 Å². The molecule has 0 unspecified atom stereocenters. The molecule has 2 rings (SSSR count). The minimum Gasteiger partial charge on any atom is -0.297 e. The van der Waals surface area contributed by atoms with E-state index >= 15 is 0 Å². The molecule has 0 aliphatic rings. The van der Waals surface area contributed by atoms with Crippen LogP contribution in [0.2, 0.25) is 5.15 Å². The average molecular weight is 358 g/mol. The quantitative estimate of drug-likeness (QED) is 0.858. The van der Waals surface area contributed by atoms with Crippen LogP contribution < -0.4 is 11.2 Å². The Kier molecular flexibility index (Phi) is 4.50. The molecule has 0 saturated carbocycles. The number of benzene rings is 1. The highest BCUT2D eigenvalue weighted by Crippen LogP contribution is 2.19. The molecule has 6 heteroatoms. The summed E-state index contributed by atoms with van der Waals surface area (Å²) in [4.78, 5) is 27.0. The first-order valence-corrected chi connectivity index (χ1v) is 7.43. The van der Waals surface area contributed by atoms with Crippen LogP contribution in [0.1, 0.15) is 24.5 Å². The number of hydrogen-bond acceptors (Lipinski definition) is 2. The van der Waals surface area contributed by atoms with Crippen molar-refractivity contribution in [2.75, 3.05) is 0 Å². The van der Waals surface area contributed by atoms with Crippen LogP contribution >= 0.6 is 27.5 Å². The molecule has 0 atom stereocenters. The fraction of sp³-hybridized carbons (Fsp3) is 0.286. The predicted molar refractivity (Wildman–Crippen MR) is 84.1 cm³/mol. The molecule has 0 radical (unpaired) electrons. The van der Waals surface area contributed by atoms with Gasteiger partial charge in [0.1, 0.15) is 5.15 Å². The van der Waals surface area contributed by atoms with Crippen molar-refractivity contribution in [3.05, 3.63) is 59.8 Å². The van der Waals surface area contributed by atoms with Gasteiger partial charge in [0.15, 0.2) is 0 Å². The monoisotopic (exact) mass is 356 g/mol. The second kappa shape index (κ2) is 5.97. The summed E-state index contributed by atoms with van der Waals surface area (Å²) in [7, 11) is 0. The number of aryl methyl sites for hydroxylation is 1. The van der Waals surface area contributed by atoms with E-state index in [2.05, 4.69) is 20.9 Å². The van der Waals surface area contributed by atoms with Gasteiger partial charge in [-0.3, -0.25) is 9.78 Å². The SMILES string of the molecule is CCCc1c(Cl)[nH]c(=O)n(-c2ccc(C)c(Br)c2)c1=O. The van der Waals surface area contributed by atoms with Gasteiger partial charge in [-0.2, -0.15) is 0 Å². The van der Waals surface area contributed by atoms with Crippen LogP contribution in [0.3, 0.4) is 0 Å². The lowest BCUT2D eigenvalue weighted by Gasteiger charge is -2.09. The topological polar surface area (TPSA) is 54.9 Å². The Morgan fingerprint density at radius 1 is 1.35 bits per heavy atom. The van der Waals surface area contributed by atoms with Gasteiger partial charge in [0.2, 0.25) is 0 Å². The van der Waals surface area contributed by atoms with E-state index in [9.17, 15) is 9.59 Å². The van der Waals surface area contributed by atoms with Crippen molar-refractivity contribution in [3.63, 3.8) is 0 Å². The third kappa shape index (κ3) is 2.74. The first-order valence-electron chi connectivity index (χ1n) is 6.26. The largest absolute Gasteiger partial charge is 0.334 e. The smallest absolute Gasteiger partial charge is 0.297 e. The third-order valence-electron chi connectivity index (χ3n) is 3.06. The number of nitrogens with zero attached hydrogens (tertiary/aromatic N) is 1. The number of aromatic nitrogens is 2. The van der Waals surface area contributed by atoms with E-state index in [1.807, 2.05) is 19.9 Å². The first-order chi connectivity index (χ1) is 9.45. The zero-order valence-electron chi connectivity index (χ0n) is 11.2. The molecule has 0 spiro atoms. The summed E-state index contributed by atoms with van der Waals surface area (Å²) in [5.41, 5.74) is 1.08. The summed E-state index contributed by atoms with van der Waals surface area (Å²) in [6.45, 7) is 3.89. The highest BCUT2D eigenvalue weighted by atomic mass is 79.9. The maximum Gasteiger partial charge on any atom is 0.334 e. The second-order valence-electron chi connectivity index (χ2n) is 4.55. The van der Waals surface area contributed by atoms with E-state index in [0.717, 1.165) is 21.0 Å². The molecule has 0 aliphatic carbocycles. The highest BCUT2D eigenvalue weighted by molar-refractivity contribution is 9.10. The number of nitrogens with one attached hydrogen (secondary N) is 1. The van der Waals surface area contributed by atoms with Gasteiger partial charge in [-0.1, -0.05) is 46.9 Å². The van der Waals surface area contributed by atoms with Gasteiger partial charge in [0.05, 0.1) is 11.3 Å². The van der Waals surface area contributed by atoms with Gasteiger partial charge in [-0.25, -0.2) is 9.36 Å². The van der Waals surface area contributed by atoms with Gasteiger partial charge in [-0.15, -0.1) is 0 Å². The van der Waals surface area contributed by atoms with Crippen molar-refractivity contribution in [2.24, 2.45) is 0 Å². The molecule has 1 heterocycles. The van der Waals surface area contributed by atoms with Gasteiger partial charge in [-0.05, 0) is 31.0 Å². The maximum absolute atomic E-state index is 12.4. The molecule has 0 aliphatic heterocycles. The second-order valence-corrected chi connectivity index (χ2v) is 5.78. The number of halogens is 2. The normalized spacial score (nSPS) is 10.8. The Labute approximate surface area is 129 Å². The number of rotatable bonds is 3. The van der Waals surface area contributed by atoms with E-state index in [0.29, 0.717) is 17.7 Å². The Bertz CT molecular complexity index is 765. The summed E-state index contributed by atoms with van der Waals surface area (Å²) in [5, 5.41) is 0.129. The predicted octanol–water partition coefficient (Wildman–Crippen LogP) is 3.20. The molecule has 1 N–H and O–H groups in total. The molecule has 1 aromatic heterocycles. The van der Waals surface area contributed by atoms with Crippen LogP contribution in [0, 0.1) is 6.92 Å². The minimum atomic E-state index is -0.532. The Balaban J connectivity index is 2.73. The van der Waals surface area contributed by atoms with E-state index in [4.69, 9.17) is 11.6 Å².